The fourth-order valence-corrected chi connectivity index (χ4v) is 3.02. The van der Waals surface area contributed by atoms with Gasteiger partial charge in [-0.2, -0.15) is 0 Å². The lowest BCUT2D eigenvalue weighted by Gasteiger charge is -2.25. The van der Waals surface area contributed by atoms with Gasteiger partial charge in [0.2, 0.25) is 0 Å². The molecule has 1 aromatic rings. The summed E-state index contributed by atoms with van der Waals surface area (Å²) >= 11 is 0. The maximum Gasteiger partial charge on any atom is 0.0549 e. The fourth-order valence-electron chi connectivity index (χ4n) is 3.02. The normalized spacial score (nSPS) is 28.9. The number of hydrogen-bond acceptors (Lipinski definition) is 1. The molecule has 1 heteroatoms. The SMILES string of the molecule is CC(C)Cc1cccc(C2(C)CCC(O)C2)c1. The Morgan fingerprint density at radius 3 is 2.76 bits per heavy atom. The first-order chi connectivity index (χ1) is 7.99. The summed E-state index contributed by atoms with van der Waals surface area (Å²) in [5, 5.41) is 9.74. The van der Waals surface area contributed by atoms with Crippen LogP contribution in [0.15, 0.2) is 24.3 Å². The van der Waals surface area contributed by atoms with E-state index in [-0.39, 0.29) is 11.5 Å². The lowest BCUT2D eigenvalue weighted by Crippen LogP contribution is -2.19. The summed E-state index contributed by atoms with van der Waals surface area (Å²) in [4.78, 5) is 0. The molecule has 1 nitrogen and oxygen atoms in total. The van der Waals surface area contributed by atoms with Crippen LogP contribution < -0.4 is 0 Å². The summed E-state index contributed by atoms with van der Waals surface area (Å²) in [6.07, 6.45) is 4.02. The average molecular weight is 232 g/mol. The van der Waals surface area contributed by atoms with Crippen molar-refractivity contribution >= 4 is 0 Å². The zero-order chi connectivity index (χ0) is 12.5. The molecule has 0 heterocycles. The molecule has 1 aromatic carbocycles. The molecule has 2 rings (SSSR count). The second kappa shape index (κ2) is 4.81. The first-order valence-electron chi connectivity index (χ1n) is 6.77. The average Bonchev–Trinajstić information content (AvgIpc) is 2.59. The Morgan fingerprint density at radius 2 is 2.18 bits per heavy atom. The van der Waals surface area contributed by atoms with Crippen LogP contribution in [0, 0.1) is 5.92 Å². The summed E-state index contributed by atoms with van der Waals surface area (Å²) in [5.41, 5.74) is 3.03. The Balaban J connectivity index is 2.21. The minimum absolute atomic E-state index is 0.103. The van der Waals surface area contributed by atoms with Gasteiger partial charge in [0.15, 0.2) is 0 Å². The van der Waals surface area contributed by atoms with E-state index in [1.165, 1.54) is 11.1 Å². The Bertz CT molecular complexity index is 383. The van der Waals surface area contributed by atoms with E-state index >= 15 is 0 Å². The molecule has 0 saturated heterocycles. The fraction of sp³-hybridized carbons (Fsp3) is 0.625. The minimum Gasteiger partial charge on any atom is -0.393 e. The molecule has 2 unspecified atom stereocenters. The molecular formula is C16H24O. The van der Waals surface area contributed by atoms with E-state index in [1.54, 1.807) is 0 Å². The third-order valence-corrected chi connectivity index (χ3v) is 3.98. The summed E-state index contributed by atoms with van der Waals surface area (Å²) in [6.45, 7) is 6.80. The standard InChI is InChI=1S/C16H24O/c1-12(2)9-13-5-4-6-14(10-13)16(3)8-7-15(17)11-16/h4-6,10,12,15,17H,7-9,11H2,1-3H3. The predicted molar refractivity (Wildman–Crippen MR) is 72.2 cm³/mol. The molecule has 1 fully saturated rings. The second-order valence-corrected chi connectivity index (χ2v) is 6.26. The van der Waals surface area contributed by atoms with Crippen LogP contribution in [-0.2, 0) is 11.8 Å². The second-order valence-electron chi connectivity index (χ2n) is 6.26. The van der Waals surface area contributed by atoms with E-state index in [1.807, 2.05) is 0 Å². The van der Waals surface area contributed by atoms with Gasteiger partial charge in [-0.25, -0.2) is 0 Å². The van der Waals surface area contributed by atoms with Crippen molar-refractivity contribution in [3.05, 3.63) is 35.4 Å². The van der Waals surface area contributed by atoms with Crippen molar-refractivity contribution in [3.8, 4) is 0 Å². The maximum absolute atomic E-state index is 9.74. The van der Waals surface area contributed by atoms with Crippen LogP contribution in [0.1, 0.15) is 51.2 Å². The number of benzene rings is 1. The van der Waals surface area contributed by atoms with Crippen molar-refractivity contribution in [2.24, 2.45) is 5.92 Å². The molecule has 0 aromatic heterocycles. The van der Waals surface area contributed by atoms with Crippen LogP contribution in [0.25, 0.3) is 0 Å². The largest absolute Gasteiger partial charge is 0.393 e. The number of aliphatic hydroxyl groups is 1. The van der Waals surface area contributed by atoms with Crippen molar-refractivity contribution in [1.29, 1.82) is 0 Å². The Hall–Kier alpha value is -0.820. The first-order valence-corrected chi connectivity index (χ1v) is 6.77. The van der Waals surface area contributed by atoms with Crippen LogP contribution >= 0.6 is 0 Å². The van der Waals surface area contributed by atoms with E-state index in [0.717, 1.165) is 25.7 Å². The molecule has 0 amide bonds. The van der Waals surface area contributed by atoms with Gasteiger partial charge in [-0.15, -0.1) is 0 Å². The Labute approximate surface area is 105 Å². The third kappa shape index (κ3) is 2.90. The summed E-state index contributed by atoms with van der Waals surface area (Å²) in [7, 11) is 0. The van der Waals surface area contributed by atoms with Gasteiger partial charge in [0, 0.05) is 0 Å². The van der Waals surface area contributed by atoms with Crippen LogP contribution in [0.4, 0.5) is 0 Å². The van der Waals surface area contributed by atoms with Crippen molar-refractivity contribution in [3.63, 3.8) is 0 Å². The van der Waals surface area contributed by atoms with Gasteiger partial charge in [0.1, 0.15) is 0 Å². The highest BCUT2D eigenvalue weighted by molar-refractivity contribution is 5.31. The molecule has 17 heavy (non-hydrogen) atoms. The number of rotatable bonds is 3. The van der Waals surface area contributed by atoms with Gasteiger partial charge in [-0.1, -0.05) is 45.0 Å². The zero-order valence-electron chi connectivity index (χ0n) is 11.2. The topological polar surface area (TPSA) is 20.2 Å². The van der Waals surface area contributed by atoms with Crippen LogP contribution in [0.2, 0.25) is 0 Å². The smallest absolute Gasteiger partial charge is 0.0549 e. The molecule has 1 N–H and O–H groups in total. The molecule has 0 radical (unpaired) electrons. The van der Waals surface area contributed by atoms with Gasteiger partial charge < -0.3 is 5.11 Å². The lowest BCUT2D eigenvalue weighted by molar-refractivity contribution is 0.175. The molecule has 1 saturated carbocycles. The van der Waals surface area contributed by atoms with Gasteiger partial charge >= 0.3 is 0 Å². The molecule has 0 aliphatic heterocycles. The monoisotopic (exact) mass is 232 g/mol. The highest BCUT2D eigenvalue weighted by Crippen LogP contribution is 2.41. The molecule has 0 bridgehead atoms. The van der Waals surface area contributed by atoms with E-state index in [0.29, 0.717) is 5.92 Å². The number of aliphatic hydroxyl groups excluding tert-OH is 1. The molecular weight excluding hydrogens is 208 g/mol. The predicted octanol–water partition coefficient (Wildman–Crippen LogP) is 3.69. The minimum atomic E-state index is -0.103. The molecule has 1 aliphatic carbocycles. The molecule has 2 atom stereocenters. The van der Waals surface area contributed by atoms with Crippen LogP contribution in [-0.4, -0.2) is 11.2 Å². The summed E-state index contributed by atoms with van der Waals surface area (Å²) in [6, 6.07) is 8.96. The summed E-state index contributed by atoms with van der Waals surface area (Å²) in [5.74, 6) is 0.701. The van der Waals surface area contributed by atoms with Gasteiger partial charge in [0.05, 0.1) is 6.10 Å². The van der Waals surface area contributed by atoms with Crippen molar-refractivity contribution in [2.75, 3.05) is 0 Å². The van der Waals surface area contributed by atoms with Crippen molar-refractivity contribution in [2.45, 2.75) is 58.0 Å². The molecule has 94 valence electrons. The van der Waals surface area contributed by atoms with E-state index in [9.17, 15) is 5.11 Å². The van der Waals surface area contributed by atoms with Crippen LogP contribution in [0.3, 0.4) is 0 Å². The molecule has 0 spiro atoms. The van der Waals surface area contributed by atoms with E-state index in [4.69, 9.17) is 0 Å². The quantitative estimate of drug-likeness (QED) is 0.842. The Kier molecular flexibility index (Phi) is 3.58. The highest BCUT2D eigenvalue weighted by atomic mass is 16.3. The number of hydrogen-bond donors (Lipinski definition) is 1. The maximum atomic E-state index is 9.74. The lowest BCUT2D eigenvalue weighted by atomic mass is 9.80. The van der Waals surface area contributed by atoms with Crippen molar-refractivity contribution < 1.29 is 5.11 Å². The third-order valence-electron chi connectivity index (χ3n) is 3.98. The van der Waals surface area contributed by atoms with E-state index < -0.39 is 0 Å². The van der Waals surface area contributed by atoms with Crippen molar-refractivity contribution in [1.82, 2.24) is 0 Å². The molecule has 1 aliphatic rings. The first kappa shape index (κ1) is 12.6. The van der Waals surface area contributed by atoms with Gasteiger partial charge in [0.25, 0.3) is 0 Å². The van der Waals surface area contributed by atoms with Gasteiger partial charge in [-0.05, 0) is 48.1 Å². The van der Waals surface area contributed by atoms with Crippen LogP contribution in [0.5, 0.6) is 0 Å². The zero-order valence-corrected chi connectivity index (χ0v) is 11.2. The highest BCUT2D eigenvalue weighted by Gasteiger charge is 2.35. The van der Waals surface area contributed by atoms with E-state index in [2.05, 4.69) is 45.0 Å². The summed E-state index contributed by atoms with van der Waals surface area (Å²) < 4.78 is 0. The Morgan fingerprint density at radius 1 is 1.41 bits per heavy atom. The van der Waals surface area contributed by atoms with Gasteiger partial charge in [-0.3, -0.25) is 0 Å².